The molecule has 172 valence electrons. The summed E-state index contributed by atoms with van der Waals surface area (Å²) in [6.45, 7) is 11.1. The molecule has 1 saturated carbocycles. The van der Waals surface area contributed by atoms with Gasteiger partial charge in [0.15, 0.2) is 0 Å². The molecular weight excluding hydrogens is 378 g/mol. The maximum absolute atomic E-state index is 10.9. The second-order valence-electron chi connectivity index (χ2n) is 7.59. The standard InChI is InChI=1S/C19H26N2O3.2C2H6.CH5N/c1-19-13-8-7-11(24-4)10-14(13)21(3)18(19)16(23)15(22)12-6-5-9-20(2)17(12)19;3*1-2/h5-8,10,12,15-18,22-23H,9H2,1-4H3;2*1-2H3;2H2,1H3. The molecule has 2 aliphatic heterocycles. The van der Waals surface area contributed by atoms with Crippen LogP contribution in [-0.4, -0.2) is 74.2 Å². The fraction of sp³-hybridized carbons (Fsp3) is 0.667. The van der Waals surface area contributed by atoms with Gasteiger partial charge in [-0.15, -0.1) is 0 Å². The van der Waals surface area contributed by atoms with Crippen LogP contribution in [0, 0.1) is 5.92 Å². The lowest BCUT2D eigenvalue weighted by molar-refractivity contribution is -0.103. The maximum Gasteiger partial charge on any atom is 0.120 e. The van der Waals surface area contributed by atoms with Gasteiger partial charge in [-0.25, -0.2) is 0 Å². The van der Waals surface area contributed by atoms with E-state index in [-0.39, 0.29) is 23.4 Å². The van der Waals surface area contributed by atoms with Crippen LogP contribution in [-0.2, 0) is 5.41 Å². The topological polar surface area (TPSA) is 82.2 Å². The molecule has 0 amide bonds. The van der Waals surface area contributed by atoms with Crippen LogP contribution < -0.4 is 15.4 Å². The summed E-state index contributed by atoms with van der Waals surface area (Å²) in [6, 6.07) is 6.13. The fourth-order valence-electron chi connectivity index (χ4n) is 5.48. The summed E-state index contributed by atoms with van der Waals surface area (Å²) in [5.74, 6) is 0.743. The highest BCUT2D eigenvalue weighted by molar-refractivity contribution is 5.68. The van der Waals surface area contributed by atoms with E-state index in [0.717, 1.165) is 18.0 Å². The lowest BCUT2D eigenvalue weighted by Gasteiger charge is -2.56. The molecule has 30 heavy (non-hydrogen) atoms. The summed E-state index contributed by atoms with van der Waals surface area (Å²) in [6.07, 6.45) is 2.62. The summed E-state index contributed by atoms with van der Waals surface area (Å²) < 4.78 is 5.39. The van der Waals surface area contributed by atoms with Crippen LogP contribution in [0.25, 0.3) is 0 Å². The largest absolute Gasteiger partial charge is 0.497 e. The zero-order valence-corrected chi connectivity index (χ0v) is 20.3. The Balaban J connectivity index is 0.000000691. The zero-order valence-electron chi connectivity index (χ0n) is 20.3. The molecule has 3 aliphatic rings. The van der Waals surface area contributed by atoms with Gasteiger partial charge in [0.1, 0.15) is 11.9 Å². The van der Waals surface area contributed by atoms with E-state index in [1.165, 1.54) is 12.6 Å². The second kappa shape index (κ2) is 11.1. The Labute approximate surface area is 183 Å². The lowest BCUT2D eigenvalue weighted by atomic mass is 9.59. The van der Waals surface area contributed by atoms with Crippen molar-refractivity contribution >= 4 is 5.69 Å². The molecule has 4 rings (SSSR count). The van der Waals surface area contributed by atoms with Crippen LogP contribution in [0.3, 0.4) is 0 Å². The minimum Gasteiger partial charge on any atom is -0.497 e. The number of likely N-dealkylation sites (N-methyl/N-ethyl adjacent to an activating group) is 2. The zero-order chi connectivity index (χ0) is 23.2. The number of nitrogens with zero attached hydrogens (tertiary/aromatic N) is 2. The van der Waals surface area contributed by atoms with Crippen molar-refractivity contribution in [1.29, 1.82) is 0 Å². The second-order valence-corrected chi connectivity index (χ2v) is 7.59. The molecule has 2 heterocycles. The molecule has 4 N–H and O–H groups in total. The average molecular weight is 422 g/mol. The fourth-order valence-corrected chi connectivity index (χ4v) is 5.48. The van der Waals surface area contributed by atoms with Gasteiger partial charge in [-0.3, -0.25) is 4.90 Å². The Morgan fingerprint density at radius 3 is 2.20 bits per heavy atom. The molecule has 6 unspecified atom stereocenters. The Bertz CT molecular complexity index is 696. The van der Waals surface area contributed by atoms with Crippen LogP contribution in [0.1, 0.15) is 40.2 Å². The van der Waals surface area contributed by atoms with Gasteiger partial charge in [0, 0.05) is 42.7 Å². The van der Waals surface area contributed by atoms with Gasteiger partial charge in [-0.1, -0.05) is 52.8 Å². The number of ether oxygens (including phenoxy) is 1. The molecule has 6 atom stereocenters. The molecule has 0 spiro atoms. The highest BCUT2D eigenvalue weighted by Gasteiger charge is 2.63. The molecule has 6 heteroatoms. The van der Waals surface area contributed by atoms with E-state index in [0.29, 0.717) is 0 Å². The number of benzene rings is 1. The first kappa shape index (κ1) is 26.4. The van der Waals surface area contributed by atoms with Crippen molar-refractivity contribution in [3.8, 4) is 5.75 Å². The summed E-state index contributed by atoms with van der Waals surface area (Å²) in [7, 11) is 7.28. The molecule has 6 nitrogen and oxygen atoms in total. The average Bonchev–Trinajstić information content (AvgIpc) is 3.03. The van der Waals surface area contributed by atoms with Crippen molar-refractivity contribution in [3.05, 3.63) is 35.9 Å². The van der Waals surface area contributed by atoms with E-state index in [9.17, 15) is 10.2 Å². The summed E-state index contributed by atoms with van der Waals surface area (Å²) >= 11 is 0. The Morgan fingerprint density at radius 1 is 1.03 bits per heavy atom. The van der Waals surface area contributed by atoms with Crippen LogP contribution in [0.4, 0.5) is 5.69 Å². The van der Waals surface area contributed by atoms with Crippen LogP contribution >= 0.6 is 0 Å². The van der Waals surface area contributed by atoms with Crippen LogP contribution in [0.15, 0.2) is 30.4 Å². The third kappa shape index (κ3) is 3.98. The molecule has 0 radical (unpaired) electrons. The number of nitrogens with two attached hydrogens (primary N) is 1. The lowest BCUT2D eigenvalue weighted by Crippen LogP contribution is -2.70. The van der Waals surface area contributed by atoms with Crippen molar-refractivity contribution in [2.45, 2.75) is 64.3 Å². The Morgan fingerprint density at radius 2 is 1.63 bits per heavy atom. The van der Waals surface area contributed by atoms with Gasteiger partial charge in [0.25, 0.3) is 0 Å². The van der Waals surface area contributed by atoms with Gasteiger partial charge in [-0.05, 0) is 25.7 Å². The van der Waals surface area contributed by atoms with Crippen molar-refractivity contribution in [2.75, 3.05) is 39.7 Å². The Kier molecular flexibility index (Phi) is 9.82. The number of anilines is 1. The number of hydrogen-bond donors (Lipinski definition) is 3. The number of aliphatic hydroxyl groups excluding tert-OH is 2. The van der Waals surface area contributed by atoms with E-state index in [2.05, 4.69) is 47.7 Å². The first-order chi connectivity index (χ1) is 14.4. The van der Waals surface area contributed by atoms with Gasteiger partial charge in [0.2, 0.25) is 0 Å². The van der Waals surface area contributed by atoms with E-state index in [1.54, 1.807) is 7.11 Å². The molecule has 0 bridgehead atoms. The van der Waals surface area contributed by atoms with Gasteiger partial charge >= 0.3 is 0 Å². The molecule has 0 aromatic heterocycles. The molecular formula is C24H43N3O3. The molecule has 1 aromatic carbocycles. The first-order valence-corrected chi connectivity index (χ1v) is 11.1. The molecule has 0 saturated heterocycles. The third-order valence-electron chi connectivity index (χ3n) is 6.47. The number of hydrogen-bond acceptors (Lipinski definition) is 6. The summed E-state index contributed by atoms with van der Waals surface area (Å²) in [4.78, 5) is 4.42. The van der Waals surface area contributed by atoms with Crippen molar-refractivity contribution < 1.29 is 14.9 Å². The Hall–Kier alpha value is -1.60. The first-order valence-electron chi connectivity index (χ1n) is 11.1. The van der Waals surface area contributed by atoms with Gasteiger partial charge in [-0.2, -0.15) is 0 Å². The van der Waals surface area contributed by atoms with Crippen LogP contribution in [0.2, 0.25) is 0 Å². The van der Waals surface area contributed by atoms with Crippen molar-refractivity contribution in [2.24, 2.45) is 11.7 Å². The third-order valence-corrected chi connectivity index (χ3v) is 6.47. The van der Waals surface area contributed by atoms with E-state index in [4.69, 9.17) is 4.74 Å². The summed E-state index contributed by atoms with van der Waals surface area (Å²) in [5, 5.41) is 21.7. The summed E-state index contributed by atoms with van der Waals surface area (Å²) in [5.41, 5.74) is 6.54. The van der Waals surface area contributed by atoms with Gasteiger partial charge in [0.05, 0.1) is 19.3 Å². The van der Waals surface area contributed by atoms with E-state index < -0.39 is 12.2 Å². The highest BCUT2D eigenvalue weighted by atomic mass is 16.5. The maximum atomic E-state index is 10.9. The van der Waals surface area contributed by atoms with E-state index >= 15 is 0 Å². The van der Waals surface area contributed by atoms with Crippen LogP contribution in [0.5, 0.6) is 5.75 Å². The SMILES string of the molecule is CC.CC.CN.COc1ccc2c(c1)N(C)C1C(O)C(O)C3C=CCN(C)C3C21C. The number of fused-ring (bicyclic) bond motifs is 5. The molecule has 1 aromatic rings. The minimum absolute atomic E-state index is 0.0681. The smallest absolute Gasteiger partial charge is 0.120 e. The quantitative estimate of drug-likeness (QED) is 0.605. The minimum atomic E-state index is -0.796. The number of methoxy groups -OCH3 is 1. The number of rotatable bonds is 1. The number of aliphatic hydroxyl groups is 2. The van der Waals surface area contributed by atoms with E-state index in [1.807, 2.05) is 46.9 Å². The monoisotopic (exact) mass is 421 g/mol. The van der Waals surface area contributed by atoms with Gasteiger partial charge < -0.3 is 25.6 Å². The normalized spacial score (nSPS) is 33.3. The molecule has 1 fully saturated rings. The highest BCUT2D eigenvalue weighted by Crippen LogP contribution is 2.55. The predicted molar refractivity (Wildman–Crippen MR) is 126 cm³/mol. The predicted octanol–water partition coefficient (Wildman–Crippen LogP) is 2.62. The van der Waals surface area contributed by atoms with Crippen molar-refractivity contribution in [1.82, 2.24) is 4.90 Å². The molecule has 1 aliphatic carbocycles. The van der Waals surface area contributed by atoms with Crippen molar-refractivity contribution in [3.63, 3.8) is 0 Å².